The molecule has 2 rings (SSSR count). The number of nitrogens with two attached hydrogens (primary N) is 1. The molecule has 0 bridgehead atoms. The summed E-state index contributed by atoms with van der Waals surface area (Å²) in [5, 5.41) is 13.6. The summed E-state index contributed by atoms with van der Waals surface area (Å²) in [6.07, 6.45) is -0.0526. The summed E-state index contributed by atoms with van der Waals surface area (Å²) >= 11 is 0. The molecule has 0 fully saturated rings. The maximum absolute atomic E-state index is 12.7. The summed E-state index contributed by atoms with van der Waals surface area (Å²) < 4.78 is 28.5. The molecule has 2 amide bonds. The summed E-state index contributed by atoms with van der Waals surface area (Å²) in [6.45, 7) is 3.91. The van der Waals surface area contributed by atoms with Crippen LogP contribution in [-0.2, 0) is 31.0 Å². The monoisotopic (exact) mass is 493 g/mol. The quantitative estimate of drug-likeness (QED) is 0.244. The van der Waals surface area contributed by atoms with E-state index in [4.69, 9.17) is 19.5 Å². The molecule has 0 unspecified atom stereocenters. The number of nitro benzene ring substituents is 1. The number of amides is 2. The summed E-state index contributed by atoms with van der Waals surface area (Å²) in [5.74, 6) is -1.06. The van der Waals surface area contributed by atoms with Crippen molar-refractivity contribution in [1.82, 2.24) is 5.32 Å². The van der Waals surface area contributed by atoms with E-state index in [1.165, 1.54) is 37.4 Å². The van der Waals surface area contributed by atoms with E-state index in [0.29, 0.717) is 16.9 Å². The third-order valence-corrected chi connectivity index (χ3v) is 6.85. The third kappa shape index (κ3) is 7.38. The number of carbonyl (C=O) groups is 2. The number of non-ortho nitro benzene ring substituents is 1. The van der Waals surface area contributed by atoms with Gasteiger partial charge in [-0.1, -0.05) is 12.1 Å². The van der Waals surface area contributed by atoms with Gasteiger partial charge < -0.3 is 24.8 Å². The normalized spacial score (nSPS) is 12.1. The molecule has 0 radical (unpaired) electrons. The Balaban J connectivity index is 2.16. The van der Waals surface area contributed by atoms with Crippen LogP contribution in [0.5, 0.6) is 5.75 Å². The first-order valence-corrected chi connectivity index (χ1v) is 12.2. The molecule has 11 nitrogen and oxygen atoms in total. The van der Waals surface area contributed by atoms with Crippen LogP contribution in [0.1, 0.15) is 35.3 Å². The van der Waals surface area contributed by atoms with E-state index in [0.717, 1.165) is 0 Å². The van der Waals surface area contributed by atoms with Crippen LogP contribution in [0.25, 0.3) is 0 Å². The molecule has 0 spiro atoms. The van der Waals surface area contributed by atoms with Crippen molar-refractivity contribution < 1.29 is 32.9 Å². The largest absolute Gasteiger partial charge is 0.496 e. The Morgan fingerprint density at radius 3 is 2.24 bits per heavy atom. The van der Waals surface area contributed by atoms with Crippen molar-refractivity contribution in [3.63, 3.8) is 0 Å². The summed E-state index contributed by atoms with van der Waals surface area (Å²) in [4.78, 5) is 35.2. The average Bonchev–Trinajstić information content (AvgIpc) is 2.79. The summed E-state index contributed by atoms with van der Waals surface area (Å²) in [7, 11) is -1.91. The fraction of sp³-hybridized carbons (Fsp3) is 0.364. The number of ether oxygens (including phenoxy) is 1. The van der Waals surface area contributed by atoms with Crippen molar-refractivity contribution in [1.29, 1.82) is 0 Å². The first-order valence-electron chi connectivity index (χ1n) is 10.5. The highest BCUT2D eigenvalue weighted by atomic mass is 31.2. The van der Waals surface area contributed by atoms with E-state index in [9.17, 15) is 24.3 Å². The predicted molar refractivity (Wildman–Crippen MR) is 125 cm³/mol. The lowest BCUT2D eigenvalue weighted by molar-refractivity contribution is -0.384. The highest BCUT2D eigenvalue weighted by Crippen LogP contribution is 2.51. The molecule has 0 aliphatic carbocycles. The zero-order chi connectivity index (χ0) is 25.3. The van der Waals surface area contributed by atoms with Gasteiger partial charge in [-0.05, 0) is 37.6 Å². The van der Waals surface area contributed by atoms with E-state index in [-0.39, 0.29) is 37.0 Å². The van der Waals surface area contributed by atoms with E-state index < -0.39 is 30.4 Å². The molecular formula is C22H28N3O8P. The minimum absolute atomic E-state index is 0.0487. The molecule has 0 heterocycles. The van der Waals surface area contributed by atoms with Gasteiger partial charge in [0.2, 0.25) is 5.91 Å². The fourth-order valence-electron chi connectivity index (χ4n) is 3.23. The van der Waals surface area contributed by atoms with Crippen LogP contribution in [0.2, 0.25) is 0 Å². The third-order valence-electron chi connectivity index (χ3n) is 4.79. The lowest BCUT2D eigenvalue weighted by Gasteiger charge is -2.18. The number of methoxy groups -OCH3 is 1. The second-order valence-corrected chi connectivity index (χ2v) is 9.24. The topological polar surface area (TPSA) is 160 Å². The minimum atomic E-state index is -3.30. The summed E-state index contributed by atoms with van der Waals surface area (Å²) in [6, 6.07) is 9.07. The van der Waals surface area contributed by atoms with Crippen LogP contribution in [-0.4, -0.2) is 43.1 Å². The number of rotatable bonds is 13. The first kappa shape index (κ1) is 27.0. The molecule has 12 heteroatoms. The molecule has 1 atom stereocenters. The van der Waals surface area contributed by atoms with Gasteiger partial charge in [0.1, 0.15) is 11.8 Å². The molecule has 0 aliphatic rings. The van der Waals surface area contributed by atoms with Crippen LogP contribution < -0.4 is 15.8 Å². The number of carbonyl (C=O) groups excluding carboxylic acids is 2. The van der Waals surface area contributed by atoms with Crippen LogP contribution in [0.4, 0.5) is 5.69 Å². The average molecular weight is 493 g/mol. The Morgan fingerprint density at radius 1 is 1.12 bits per heavy atom. The SMILES string of the molecule is CCOP(=O)(Cc1ccc(C(=O)N[C@@H](Cc2cc([N+](=O)[O-])ccc2OC)C(N)=O)cc1)OCC. The van der Waals surface area contributed by atoms with Gasteiger partial charge in [-0.3, -0.25) is 24.3 Å². The van der Waals surface area contributed by atoms with Crippen molar-refractivity contribution in [2.45, 2.75) is 32.5 Å². The van der Waals surface area contributed by atoms with Crippen molar-refractivity contribution in [3.8, 4) is 5.75 Å². The molecule has 184 valence electrons. The van der Waals surface area contributed by atoms with Crippen LogP contribution >= 0.6 is 7.60 Å². The Bertz CT molecular complexity index is 1060. The molecule has 2 aromatic rings. The second kappa shape index (κ2) is 12.3. The molecule has 34 heavy (non-hydrogen) atoms. The number of hydrogen-bond donors (Lipinski definition) is 2. The van der Waals surface area contributed by atoms with E-state index in [1.54, 1.807) is 26.0 Å². The number of nitrogens with zero attached hydrogens (tertiary/aromatic N) is 1. The number of primary amides is 1. The molecule has 3 N–H and O–H groups in total. The molecule has 0 aliphatic heterocycles. The maximum Gasteiger partial charge on any atom is 0.335 e. The first-order chi connectivity index (χ1) is 16.1. The zero-order valence-corrected chi connectivity index (χ0v) is 20.1. The van der Waals surface area contributed by atoms with Gasteiger partial charge in [0.15, 0.2) is 0 Å². The van der Waals surface area contributed by atoms with Gasteiger partial charge in [0, 0.05) is 29.7 Å². The van der Waals surface area contributed by atoms with Crippen LogP contribution in [0.15, 0.2) is 42.5 Å². The molecule has 0 saturated carbocycles. The predicted octanol–water partition coefficient (Wildman–Crippen LogP) is 3.20. The molecule has 0 saturated heterocycles. The molecular weight excluding hydrogens is 465 g/mol. The Hall–Kier alpha value is -3.27. The minimum Gasteiger partial charge on any atom is -0.496 e. The standard InChI is InChI=1S/C22H28N3O8P/c1-4-32-34(30,33-5-2)14-15-6-8-16(9-7-15)22(27)24-19(21(23)26)13-17-12-18(25(28)29)10-11-20(17)31-3/h6-12,19H,4-5,13-14H2,1-3H3,(H2,23,26)(H,24,27)/t19-/m0/s1. The second-order valence-electron chi connectivity index (χ2n) is 7.19. The van der Waals surface area contributed by atoms with Gasteiger partial charge in [0.05, 0.1) is 31.4 Å². The van der Waals surface area contributed by atoms with E-state index >= 15 is 0 Å². The van der Waals surface area contributed by atoms with Crippen LogP contribution in [0, 0.1) is 10.1 Å². The number of hydrogen-bond acceptors (Lipinski definition) is 8. The van der Waals surface area contributed by atoms with Gasteiger partial charge in [-0.2, -0.15) is 0 Å². The number of nitro groups is 1. The highest BCUT2D eigenvalue weighted by Gasteiger charge is 2.25. The smallest absolute Gasteiger partial charge is 0.335 e. The fourth-order valence-corrected chi connectivity index (χ4v) is 4.93. The van der Waals surface area contributed by atoms with E-state index in [1.807, 2.05) is 0 Å². The van der Waals surface area contributed by atoms with E-state index in [2.05, 4.69) is 5.32 Å². The van der Waals surface area contributed by atoms with Gasteiger partial charge >= 0.3 is 7.60 Å². The Kier molecular flexibility index (Phi) is 9.73. The van der Waals surface area contributed by atoms with Gasteiger partial charge in [-0.25, -0.2) is 0 Å². The lowest BCUT2D eigenvalue weighted by atomic mass is 10.0. The Labute approximate surface area is 197 Å². The van der Waals surface area contributed by atoms with Crippen molar-refractivity contribution in [2.75, 3.05) is 20.3 Å². The summed E-state index contributed by atoms with van der Waals surface area (Å²) in [5.41, 5.74) is 6.51. The van der Waals surface area contributed by atoms with Gasteiger partial charge in [0.25, 0.3) is 11.6 Å². The maximum atomic E-state index is 12.7. The van der Waals surface area contributed by atoms with Crippen LogP contribution in [0.3, 0.4) is 0 Å². The highest BCUT2D eigenvalue weighted by molar-refractivity contribution is 7.53. The molecule has 2 aromatic carbocycles. The zero-order valence-electron chi connectivity index (χ0n) is 19.2. The molecule has 0 aromatic heterocycles. The number of benzene rings is 2. The number of nitrogens with one attached hydrogen (secondary N) is 1. The van der Waals surface area contributed by atoms with Crippen molar-refractivity contribution in [3.05, 3.63) is 69.3 Å². The lowest BCUT2D eigenvalue weighted by Crippen LogP contribution is -2.45. The Morgan fingerprint density at radius 2 is 1.74 bits per heavy atom. The van der Waals surface area contributed by atoms with Crippen molar-refractivity contribution in [2.24, 2.45) is 5.73 Å². The van der Waals surface area contributed by atoms with Gasteiger partial charge in [-0.15, -0.1) is 0 Å². The van der Waals surface area contributed by atoms with Crippen molar-refractivity contribution >= 4 is 25.1 Å².